The second kappa shape index (κ2) is 9.08. The standard InChI is InChI=1S/C15H16F2N4O5/c16-7-12(26-10(8-22)13(17)23)21-6-4-11(20-15(21)25)19-14(24)9-3-1-2-5-18-9/h1-6,10,12-13,22-23H,7-8H2,(H,19,20,24,25)/t10-,12-,13-/m1/s1. The van der Waals surface area contributed by atoms with Crippen molar-refractivity contribution in [2.45, 2.75) is 18.7 Å². The molecule has 0 aliphatic rings. The fraction of sp³-hybridized carbons (Fsp3) is 0.333. The van der Waals surface area contributed by atoms with Gasteiger partial charge in [-0.2, -0.15) is 4.98 Å². The zero-order valence-corrected chi connectivity index (χ0v) is 13.3. The molecular weight excluding hydrogens is 354 g/mol. The maximum Gasteiger partial charge on any atom is 0.351 e. The first-order chi connectivity index (χ1) is 12.5. The monoisotopic (exact) mass is 370 g/mol. The van der Waals surface area contributed by atoms with Crippen molar-refractivity contribution in [3.8, 4) is 0 Å². The van der Waals surface area contributed by atoms with E-state index in [0.717, 1.165) is 6.20 Å². The molecule has 1 amide bonds. The lowest BCUT2D eigenvalue weighted by Crippen LogP contribution is -2.37. The molecule has 140 valence electrons. The summed E-state index contributed by atoms with van der Waals surface area (Å²) in [7, 11) is 0. The highest BCUT2D eigenvalue weighted by Gasteiger charge is 2.25. The molecule has 26 heavy (non-hydrogen) atoms. The van der Waals surface area contributed by atoms with Gasteiger partial charge < -0.3 is 20.3 Å². The third-order valence-corrected chi connectivity index (χ3v) is 3.23. The number of anilines is 1. The van der Waals surface area contributed by atoms with Crippen LogP contribution in [0.25, 0.3) is 0 Å². The number of rotatable bonds is 8. The molecule has 2 aromatic rings. The minimum absolute atomic E-state index is 0.103. The summed E-state index contributed by atoms with van der Waals surface area (Å²) in [5.74, 6) is -0.710. The van der Waals surface area contributed by atoms with Crippen LogP contribution in [0.5, 0.6) is 0 Å². The van der Waals surface area contributed by atoms with Gasteiger partial charge in [0.15, 0.2) is 6.23 Å². The first-order valence-corrected chi connectivity index (χ1v) is 7.42. The zero-order chi connectivity index (χ0) is 19.1. The molecule has 0 bridgehead atoms. The van der Waals surface area contributed by atoms with Gasteiger partial charge in [0.1, 0.15) is 24.3 Å². The Morgan fingerprint density at radius 2 is 2.15 bits per heavy atom. The number of aromatic nitrogens is 3. The number of halogens is 2. The summed E-state index contributed by atoms with van der Waals surface area (Å²) >= 11 is 0. The number of nitrogens with one attached hydrogen (secondary N) is 1. The minimum Gasteiger partial charge on any atom is -0.393 e. The van der Waals surface area contributed by atoms with Crippen molar-refractivity contribution in [2.75, 3.05) is 18.6 Å². The lowest BCUT2D eigenvalue weighted by molar-refractivity contribution is -0.165. The average Bonchev–Trinajstić information content (AvgIpc) is 2.64. The summed E-state index contributed by atoms with van der Waals surface area (Å²) in [4.78, 5) is 31.4. The summed E-state index contributed by atoms with van der Waals surface area (Å²) in [5, 5.41) is 20.1. The van der Waals surface area contributed by atoms with Crippen molar-refractivity contribution in [3.63, 3.8) is 0 Å². The van der Waals surface area contributed by atoms with Gasteiger partial charge in [0.2, 0.25) is 6.36 Å². The molecule has 3 atom stereocenters. The van der Waals surface area contributed by atoms with Gasteiger partial charge in [-0.25, -0.2) is 13.6 Å². The Labute approximate surface area is 145 Å². The van der Waals surface area contributed by atoms with Crippen molar-refractivity contribution in [3.05, 3.63) is 52.8 Å². The fourth-order valence-corrected chi connectivity index (χ4v) is 1.95. The number of pyridine rings is 1. The molecule has 0 aliphatic carbocycles. The quantitative estimate of drug-likeness (QED) is 0.598. The van der Waals surface area contributed by atoms with Crippen molar-refractivity contribution >= 4 is 11.7 Å². The van der Waals surface area contributed by atoms with Crippen LogP contribution in [0.4, 0.5) is 14.6 Å². The Balaban J connectivity index is 2.15. The zero-order valence-electron chi connectivity index (χ0n) is 13.3. The van der Waals surface area contributed by atoms with Crippen molar-refractivity contribution in [1.82, 2.24) is 14.5 Å². The van der Waals surface area contributed by atoms with Gasteiger partial charge >= 0.3 is 5.69 Å². The van der Waals surface area contributed by atoms with Gasteiger partial charge in [-0.15, -0.1) is 0 Å². The van der Waals surface area contributed by atoms with Crippen LogP contribution in [0.2, 0.25) is 0 Å². The summed E-state index contributed by atoms with van der Waals surface area (Å²) in [6, 6.07) is 5.89. The van der Waals surface area contributed by atoms with E-state index >= 15 is 0 Å². The normalized spacial score (nSPS) is 14.5. The van der Waals surface area contributed by atoms with Gasteiger partial charge in [-0.1, -0.05) is 6.07 Å². The Morgan fingerprint density at radius 1 is 1.38 bits per heavy atom. The number of aliphatic hydroxyl groups excluding tert-OH is 2. The van der Waals surface area contributed by atoms with E-state index < -0.39 is 43.6 Å². The molecule has 2 aromatic heterocycles. The molecule has 3 N–H and O–H groups in total. The molecule has 0 saturated carbocycles. The van der Waals surface area contributed by atoms with Gasteiger partial charge in [-0.05, 0) is 18.2 Å². The summed E-state index contributed by atoms with van der Waals surface area (Å²) in [6.45, 7) is -2.17. The average molecular weight is 370 g/mol. The number of carbonyl (C=O) groups is 1. The predicted octanol–water partition coefficient (Wildman–Crippen LogP) is 0.0241. The maximum absolute atomic E-state index is 13.1. The van der Waals surface area contributed by atoms with Crippen LogP contribution in [0.15, 0.2) is 41.5 Å². The number of ether oxygens (including phenoxy) is 1. The van der Waals surface area contributed by atoms with E-state index in [0.29, 0.717) is 4.57 Å². The number of amides is 1. The highest BCUT2D eigenvalue weighted by molar-refractivity contribution is 6.02. The van der Waals surface area contributed by atoms with Crippen LogP contribution in [-0.2, 0) is 4.74 Å². The summed E-state index contributed by atoms with van der Waals surface area (Å²) < 4.78 is 31.5. The Bertz CT molecular complexity index is 787. The van der Waals surface area contributed by atoms with Gasteiger partial charge in [0, 0.05) is 12.4 Å². The van der Waals surface area contributed by atoms with Crippen molar-refractivity contribution in [1.29, 1.82) is 0 Å². The number of hydrogen-bond donors (Lipinski definition) is 3. The molecular formula is C15H16F2N4O5. The summed E-state index contributed by atoms with van der Waals surface area (Å²) in [6.07, 6.45) is -3.41. The summed E-state index contributed by atoms with van der Waals surface area (Å²) in [5.41, 5.74) is -0.886. The third kappa shape index (κ3) is 4.88. The fourth-order valence-electron chi connectivity index (χ4n) is 1.95. The van der Waals surface area contributed by atoms with Crippen LogP contribution >= 0.6 is 0 Å². The van der Waals surface area contributed by atoms with E-state index in [1.807, 2.05) is 0 Å². The molecule has 0 spiro atoms. The Hall–Kier alpha value is -2.76. The van der Waals surface area contributed by atoms with Crippen molar-refractivity contribution < 1.29 is 28.5 Å². The van der Waals surface area contributed by atoms with E-state index in [4.69, 9.17) is 14.9 Å². The number of carbonyl (C=O) groups excluding carboxylic acids is 1. The van der Waals surface area contributed by atoms with E-state index in [-0.39, 0.29) is 11.5 Å². The van der Waals surface area contributed by atoms with Crippen LogP contribution in [-0.4, -0.2) is 56.4 Å². The van der Waals surface area contributed by atoms with Crippen LogP contribution in [0.1, 0.15) is 16.7 Å². The molecule has 9 nitrogen and oxygen atoms in total. The minimum atomic E-state index is -2.56. The molecule has 0 aliphatic heterocycles. The lowest BCUT2D eigenvalue weighted by atomic mass is 10.3. The van der Waals surface area contributed by atoms with E-state index in [1.54, 1.807) is 12.1 Å². The highest BCUT2D eigenvalue weighted by Crippen LogP contribution is 2.14. The smallest absolute Gasteiger partial charge is 0.351 e. The number of aliphatic hydroxyl groups is 2. The predicted molar refractivity (Wildman–Crippen MR) is 84.8 cm³/mol. The third-order valence-electron chi connectivity index (χ3n) is 3.23. The SMILES string of the molecule is O=C(Nc1ccn([C@@H](CF)O[C@H](CO)[C@@H](O)F)c(=O)n1)c1ccccn1. The Kier molecular flexibility index (Phi) is 6.83. The van der Waals surface area contributed by atoms with Gasteiger partial charge in [0.25, 0.3) is 5.91 Å². The van der Waals surface area contributed by atoms with Gasteiger partial charge in [-0.3, -0.25) is 14.3 Å². The highest BCUT2D eigenvalue weighted by atomic mass is 19.1. The second-order valence-corrected chi connectivity index (χ2v) is 5.01. The molecule has 2 heterocycles. The number of nitrogens with zero attached hydrogens (tertiary/aromatic N) is 3. The van der Waals surface area contributed by atoms with E-state index in [9.17, 15) is 18.4 Å². The van der Waals surface area contributed by atoms with Crippen LogP contribution in [0, 0.1) is 0 Å². The first kappa shape index (κ1) is 19.6. The Morgan fingerprint density at radius 3 is 2.69 bits per heavy atom. The van der Waals surface area contributed by atoms with Crippen LogP contribution < -0.4 is 11.0 Å². The molecule has 11 heteroatoms. The maximum atomic E-state index is 13.1. The van der Waals surface area contributed by atoms with Crippen LogP contribution in [0.3, 0.4) is 0 Å². The molecule has 0 unspecified atom stereocenters. The molecule has 0 aromatic carbocycles. The number of alkyl halides is 2. The topological polar surface area (TPSA) is 127 Å². The second-order valence-electron chi connectivity index (χ2n) is 5.01. The molecule has 0 saturated heterocycles. The molecule has 2 rings (SSSR count). The lowest BCUT2D eigenvalue weighted by Gasteiger charge is -2.23. The van der Waals surface area contributed by atoms with E-state index in [2.05, 4.69) is 15.3 Å². The molecule has 0 radical (unpaired) electrons. The first-order valence-electron chi connectivity index (χ1n) is 7.42. The van der Waals surface area contributed by atoms with E-state index in [1.165, 1.54) is 18.3 Å². The number of hydrogen-bond acceptors (Lipinski definition) is 7. The van der Waals surface area contributed by atoms with Crippen molar-refractivity contribution in [2.24, 2.45) is 0 Å². The molecule has 0 fully saturated rings. The largest absolute Gasteiger partial charge is 0.393 e. The van der Waals surface area contributed by atoms with Gasteiger partial charge in [0.05, 0.1) is 6.61 Å².